The maximum absolute atomic E-state index is 13.0. The predicted molar refractivity (Wildman–Crippen MR) is 117 cm³/mol. The van der Waals surface area contributed by atoms with Gasteiger partial charge in [0.15, 0.2) is 0 Å². The molecule has 7 nitrogen and oxygen atoms in total. The molecule has 1 N–H and O–H groups in total. The summed E-state index contributed by atoms with van der Waals surface area (Å²) in [7, 11) is 0. The van der Waals surface area contributed by atoms with Gasteiger partial charge in [-0.25, -0.2) is 0 Å². The first kappa shape index (κ1) is 22.5. The Balaban J connectivity index is 2.05. The lowest BCUT2D eigenvalue weighted by molar-refractivity contribution is -0.140. The van der Waals surface area contributed by atoms with Gasteiger partial charge in [-0.2, -0.15) is 0 Å². The van der Waals surface area contributed by atoms with E-state index < -0.39 is 17.7 Å². The van der Waals surface area contributed by atoms with Crippen LogP contribution in [0.5, 0.6) is 5.75 Å². The largest absolute Gasteiger partial charge is 0.507 e. The average Bonchev–Trinajstić information content (AvgIpc) is 2.98. The van der Waals surface area contributed by atoms with Gasteiger partial charge >= 0.3 is 0 Å². The number of nitrogens with zero attached hydrogens (tertiary/aromatic N) is 2. The molecule has 1 aromatic carbocycles. The normalized spacial score (nSPS) is 18.3. The minimum Gasteiger partial charge on any atom is -0.507 e. The molecule has 0 radical (unpaired) electrons. The van der Waals surface area contributed by atoms with Gasteiger partial charge in [0.25, 0.3) is 11.7 Å². The first-order valence-electron chi connectivity index (χ1n) is 10.4. The van der Waals surface area contributed by atoms with Crippen molar-refractivity contribution in [3.63, 3.8) is 0 Å². The topological polar surface area (TPSA) is 89.0 Å². The number of benzene rings is 1. The van der Waals surface area contributed by atoms with Crippen LogP contribution in [0.1, 0.15) is 44.9 Å². The number of likely N-dealkylation sites (tertiary alicyclic amines) is 1. The van der Waals surface area contributed by atoms with Crippen LogP contribution in [-0.4, -0.2) is 52.0 Å². The summed E-state index contributed by atoms with van der Waals surface area (Å²) in [6, 6.07) is 9.61. The number of Topliss-reactive ketones (excluding diaryl/α,β-unsaturated/α-hetero) is 1. The summed E-state index contributed by atoms with van der Waals surface area (Å²) in [6.07, 6.45) is 3.17. The third kappa shape index (κ3) is 5.11. The molecule has 1 aromatic heterocycles. The van der Waals surface area contributed by atoms with Gasteiger partial charge in [-0.1, -0.05) is 18.2 Å². The molecular formula is C24H28N2O5. The lowest BCUT2D eigenvalue weighted by Gasteiger charge is -2.25. The Bertz CT molecular complexity index is 969. The van der Waals surface area contributed by atoms with Gasteiger partial charge in [-0.15, -0.1) is 0 Å². The molecule has 31 heavy (non-hydrogen) atoms. The first-order valence-corrected chi connectivity index (χ1v) is 10.4. The Labute approximate surface area is 182 Å². The molecule has 1 unspecified atom stereocenters. The molecule has 3 rings (SSSR count). The molecule has 0 saturated carbocycles. The predicted octanol–water partition coefficient (Wildman–Crippen LogP) is 3.72. The van der Waals surface area contributed by atoms with Crippen LogP contribution in [0.3, 0.4) is 0 Å². The van der Waals surface area contributed by atoms with Gasteiger partial charge in [0, 0.05) is 24.5 Å². The van der Waals surface area contributed by atoms with Gasteiger partial charge in [0.2, 0.25) is 0 Å². The highest BCUT2D eigenvalue weighted by molar-refractivity contribution is 6.46. The van der Waals surface area contributed by atoms with Crippen molar-refractivity contribution in [3.05, 3.63) is 65.5 Å². The second-order valence-corrected chi connectivity index (χ2v) is 7.89. The molecule has 1 amide bonds. The van der Waals surface area contributed by atoms with E-state index >= 15 is 0 Å². The SMILES string of the molecule is CC(C)OCCN1C(=O)C(=O)/C(=C(\O)c2cccc(OC(C)C)c2)C1c1cccnc1. The number of ether oxygens (including phenoxy) is 2. The van der Waals surface area contributed by atoms with Crippen molar-refractivity contribution in [3.8, 4) is 5.75 Å². The Morgan fingerprint density at radius 1 is 1.13 bits per heavy atom. The van der Waals surface area contributed by atoms with E-state index in [9.17, 15) is 14.7 Å². The van der Waals surface area contributed by atoms with Crippen LogP contribution < -0.4 is 4.74 Å². The molecule has 0 bridgehead atoms. The second kappa shape index (κ2) is 9.75. The molecule has 0 aliphatic carbocycles. The fourth-order valence-corrected chi connectivity index (χ4v) is 3.53. The lowest BCUT2D eigenvalue weighted by Crippen LogP contribution is -2.33. The quantitative estimate of drug-likeness (QED) is 0.395. The number of aliphatic hydroxyl groups excluding tert-OH is 1. The zero-order valence-corrected chi connectivity index (χ0v) is 18.2. The highest BCUT2D eigenvalue weighted by atomic mass is 16.5. The highest BCUT2D eigenvalue weighted by Gasteiger charge is 2.46. The zero-order chi connectivity index (χ0) is 22.5. The van der Waals surface area contributed by atoms with Crippen molar-refractivity contribution in [2.75, 3.05) is 13.2 Å². The summed E-state index contributed by atoms with van der Waals surface area (Å²) in [5.74, 6) is -1.08. The zero-order valence-electron chi connectivity index (χ0n) is 18.2. The molecule has 1 aliphatic rings. The summed E-state index contributed by atoms with van der Waals surface area (Å²) in [4.78, 5) is 31.4. The van der Waals surface area contributed by atoms with E-state index in [-0.39, 0.29) is 36.7 Å². The molecule has 2 heterocycles. The van der Waals surface area contributed by atoms with E-state index in [4.69, 9.17) is 9.47 Å². The summed E-state index contributed by atoms with van der Waals surface area (Å²) in [6.45, 7) is 8.10. The summed E-state index contributed by atoms with van der Waals surface area (Å²) >= 11 is 0. The van der Waals surface area contributed by atoms with E-state index in [1.807, 2.05) is 27.7 Å². The Morgan fingerprint density at radius 3 is 2.55 bits per heavy atom. The van der Waals surface area contributed by atoms with E-state index in [2.05, 4.69) is 4.98 Å². The number of hydrogen-bond donors (Lipinski definition) is 1. The molecule has 2 aromatic rings. The maximum Gasteiger partial charge on any atom is 0.295 e. The molecule has 7 heteroatoms. The summed E-state index contributed by atoms with van der Waals surface area (Å²) in [5.41, 5.74) is 1.08. The van der Waals surface area contributed by atoms with E-state index in [1.165, 1.54) is 4.90 Å². The number of rotatable bonds is 8. The lowest BCUT2D eigenvalue weighted by atomic mass is 9.96. The number of amides is 1. The number of aromatic nitrogens is 1. The van der Waals surface area contributed by atoms with Crippen molar-refractivity contribution in [2.45, 2.75) is 45.9 Å². The number of pyridine rings is 1. The fraction of sp³-hybridized carbons (Fsp3) is 0.375. The van der Waals surface area contributed by atoms with Gasteiger partial charge in [0.05, 0.1) is 30.4 Å². The number of carbonyl (C=O) groups excluding carboxylic acids is 2. The Morgan fingerprint density at radius 2 is 1.90 bits per heavy atom. The van der Waals surface area contributed by atoms with Crippen molar-refractivity contribution < 1.29 is 24.2 Å². The van der Waals surface area contributed by atoms with Crippen LogP contribution in [0, 0.1) is 0 Å². The third-order valence-corrected chi connectivity index (χ3v) is 4.80. The van der Waals surface area contributed by atoms with Gasteiger partial charge in [-0.05, 0) is 51.5 Å². The van der Waals surface area contributed by atoms with E-state index in [0.717, 1.165) is 0 Å². The molecule has 1 atom stereocenters. The Kier molecular flexibility index (Phi) is 7.07. The molecule has 0 spiro atoms. The number of aliphatic hydroxyl groups is 1. The number of carbonyl (C=O) groups is 2. The Hall–Kier alpha value is -3.19. The average molecular weight is 424 g/mol. The van der Waals surface area contributed by atoms with Gasteiger partial charge < -0.3 is 19.5 Å². The molecule has 1 saturated heterocycles. The van der Waals surface area contributed by atoms with Crippen LogP contribution in [-0.2, 0) is 14.3 Å². The maximum atomic E-state index is 13.0. The number of hydrogen-bond acceptors (Lipinski definition) is 6. The minimum atomic E-state index is -0.751. The second-order valence-electron chi connectivity index (χ2n) is 7.89. The monoisotopic (exact) mass is 424 g/mol. The van der Waals surface area contributed by atoms with Crippen LogP contribution in [0.15, 0.2) is 54.4 Å². The van der Waals surface area contributed by atoms with Crippen LogP contribution in [0.2, 0.25) is 0 Å². The molecule has 1 aliphatic heterocycles. The fourth-order valence-electron chi connectivity index (χ4n) is 3.53. The molecule has 1 fully saturated rings. The number of ketones is 1. The molecular weight excluding hydrogens is 396 g/mol. The van der Waals surface area contributed by atoms with Crippen LogP contribution in [0.4, 0.5) is 0 Å². The van der Waals surface area contributed by atoms with Crippen LogP contribution in [0.25, 0.3) is 5.76 Å². The van der Waals surface area contributed by atoms with Gasteiger partial charge in [0.1, 0.15) is 11.5 Å². The first-order chi connectivity index (χ1) is 14.8. The minimum absolute atomic E-state index is 0.00244. The highest BCUT2D eigenvalue weighted by Crippen LogP contribution is 2.39. The standard InChI is InChI=1S/C24H28N2O5/c1-15(2)30-12-11-26-21(18-8-6-10-25-14-18)20(23(28)24(26)29)22(27)17-7-5-9-19(13-17)31-16(3)4/h5-10,13-16,21,27H,11-12H2,1-4H3/b22-20-. The van der Waals surface area contributed by atoms with Crippen molar-refractivity contribution in [2.24, 2.45) is 0 Å². The third-order valence-electron chi connectivity index (χ3n) is 4.80. The van der Waals surface area contributed by atoms with E-state index in [1.54, 1.807) is 48.8 Å². The van der Waals surface area contributed by atoms with Crippen molar-refractivity contribution >= 4 is 17.4 Å². The summed E-state index contributed by atoms with van der Waals surface area (Å²) in [5, 5.41) is 11.1. The summed E-state index contributed by atoms with van der Waals surface area (Å²) < 4.78 is 11.3. The molecule has 164 valence electrons. The van der Waals surface area contributed by atoms with Gasteiger partial charge in [-0.3, -0.25) is 14.6 Å². The van der Waals surface area contributed by atoms with Crippen molar-refractivity contribution in [1.82, 2.24) is 9.88 Å². The smallest absolute Gasteiger partial charge is 0.295 e. The van der Waals surface area contributed by atoms with E-state index in [0.29, 0.717) is 16.9 Å². The van der Waals surface area contributed by atoms with Crippen LogP contribution >= 0.6 is 0 Å². The van der Waals surface area contributed by atoms with Crippen molar-refractivity contribution in [1.29, 1.82) is 0 Å².